The second kappa shape index (κ2) is 8.35. The van der Waals surface area contributed by atoms with Crippen molar-refractivity contribution in [1.82, 2.24) is 24.7 Å². The number of rotatable bonds is 5. The van der Waals surface area contributed by atoms with E-state index in [2.05, 4.69) is 24.8 Å². The number of pyridine rings is 3. The summed E-state index contributed by atoms with van der Waals surface area (Å²) >= 11 is 0. The highest BCUT2D eigenvalue weighted by molar-refractivity contribution is 7.92. The monoisotopic (exact) mass is 470 g/mol. The predicted molar refractivity (Wildman–Crippen MR) is 132 cm³/mol. The number of fused-ring (bicyclic) bond motifs is 1. The lowest BCUT2D eigenvalue weighted by atomic mass is 9.98. The number of hydrogen-bond donors (Lipinski definition) is 1. The molecule has 0 aliphatic carbocycles. The van der Waals surface area contributed by atoms with Crippen molar-refractivity contribution in [3.63, 3.8) is 0 Å². The van der Waals surface area contributed by atoms with Gasteiger partial charge in [-0.25, -0.2) is 8.42 Å². The Morgan fingerprint density at radius 2 is 1.65 bits per heavy atom. The Morgan fingerprint density at radius 1 is 0.853 bits per heavy atom. The summed E-state index contributed by atoms with van der Waals surface area (Å²) in [5.74, 6) is 0. The molecule has 0 bridgehead atoms. The van der Waals surface area contributed by atoms with Gasteiger partial charge in [-0.15, -0.1) is 0 Å². The molecule has 0 saturated carbocycles. The third kappa shape index (κ3) is 3.90. The quantitative estimate of drug-likeness (QED) is 0.405. The molecule has 4 aromatic heterocycles. The molecule has 1 aromatic carbocycles. The third-order valence-corrected chi connectivity index (χ3v) is 7.40. The minimum atomic E-state index is -3.82. The normalized spacial score (nSPS) is 11.6. The summed E-state index contributed by atoms with van der Waals surface area (Å²) in [5, 5.41) is 5.20. The zero-order chi connectivity index (χ0) is 23.9. The number of hydrogen-bond acceptors (Lipinski definition) is 6. The van der Waals surface area contributed by atoms with Crippen molar-refractivity contribution < 1.29 is 8.42 Å². The first-order valence-electron chi connectivity index (χ1n) is 10.6. The largest absolute Gasteiger partial charge is 0.278 e. The first-order valence-corrected chi connectivity index (χ1v) is 12.1. The van der Waals surface area contributed by atoms with Crippen molar-refractivity contribution >= 4 is 26.6 Å². The maximum Gasteiger partial charge on any atom is 0.265 e. The summed E-state index contributed by atoms with van der Waals surface area (Å²) < 4.78 is 30.4. The van der Waals surface area contributed by atoms with E-state index in [0.29, 0.717) is 17.1 Å². The summed E-state index contributed by atoms with van der Waals surface area (Å²) in [6.45, 7) is 3.41. The molecule has 8 nitrogen and oxygen atoms in total. The van der Waals surface area contributed by atoms with Crippen molar-refractivity contribution in [3.05, 3.63) is 84.8 Å². The molecule has 0 spiro atoms. The number of aryl methyl sites for hydroxylation is 2. The number of sulfonamides is 1. The Labute approximate surface area is 197 Å². The smallest absolute Gasteiger partial charge is 0.265 e. The van der Waals surface area contributed by atoms with E-state index < -0.39 is 10.0 Å². The Bertz CT molecular complexity index is 1630. The molecular weight excluding hydrogens is 448 g/mol. The number of aromatic nitrogens is 5. The molecule has 4 heterocycles. The van der Waals surface area contributed by atoms with Gasteiger partial charge in [-0.1, -0.05) is 6.07 Å². The first kappa shape index (κ1) is 21.7. The minimum absolute atomic E-state index is 0.180. The summed E-state index contributed by atoms with van der Waals surface area (Å²) in [7, 11) is -2.10. The lowest BCUT2D eigenvalue weighted by Gasteiger charge is -2.11. The molecular formula is C25H22N6O2S. The fourth-order valence-electron chi connectivity index (χ4n) is 4.11. The topological polar surface area (TPSA) is 103 Å². The SMILES string of the molecule is Cc1nn(C)c(C)c1S(=O)(=O)Nc1cncc(-c2ccc3nccc(-c4ccncc4)c3c2)c1. The van der Waals surface area contributed by atoms with E-state index in [0.717, 1.165) is 33.2 Å². The van der Waals surface area contributed by atoms with E-state index >= 15 is 0 Å². The van der Waals surface area contributed by atoms with Gasteiger partial charge in [0.2, 0.25) is 0 Å². The number of nitrogens with one attached hydrogen (secondary N) is 1. The number of nitrogens with zero attached hydrogens (tertiary/aromatic N) is 5. The van der Waals surface area contributed by atoms with Gasteiger partial charge in [-0.3, -0.25) is 24.4 Å². The van der Waals surface area contributed by atoms with Gasteiger partial charge < -0.3 is 0 Å². The van der Waals surface area contributed by atoms with Gasteiger partial charge in [0.15, 0.2) is 0 Å². The zero-order valence-electron chi connectivity index (χ0n) is 18.9. The average Bonchev–Trinajstić information content (AvgIpc) is 3.10. The Morgan fingerprint density at radius 3 is 2.38 bits per heavy atom. The van der Waals surface area contributed by atoms with E-state index in [1.54, 1.807) is 56.4 Å². The Balaban J connectivity index is 1.54. The van der Waals surface area contributed by atoms with Gasteiger partial charge in [0.25, 0.3) is 10.0 Å². The van der Waals surface area contributed by atoms with Crippen molar-refractivity contribution in [2.24, 2.45) is 7.05 Å². The Kier molecular flexibility index (Phi) is 5.33. The van der Waals surface area contributed by atoms with E-state index in [-0.39, 0.29) is 4.90 Å². The fraction of sp³-hybridized carbons (Fsp3) is 0.120. The maximum atomic E-state index is 13.1. The first-order chi connectivity index (χ1) is 16.3. The van der Waals surface area contributed by atoms with Gasteiger partial charge in [-0.2, -0.15) is 5.10 Å². The van der Waals surface area contributed by atoms with Crippen LogP contribution in [-0.4, -0.2) is 33.2 Å². The van der Waals surface area contributed by atoms with Crippen LogP contribution in [-0.2, 0) is 17.1 Å². The molecule has 0 aliphatic heterocycles. The van der Waals surface area contributed by atoms with E-state index in [9.17, 15) is 8.42 Å². The van der Waals surface area contributed by atoms with E-state index in [1.165, 1.54) is 6.20 Å². The van der Waals surface area contributed by atoms with Crippen molar-refractivity contribution in [3.8, 4) is 22.3 Å². The molecule has 9 heteroatoms. The van der Waals surface area contributed by atoms with Crippen LogP contribution in [0.5, 0.6) is 0 Å². The second-order valence-corrected chi connectivity index (χ2v) is 9.64. The molecule has 170 valence electrons. The highest BCUT2D eigenvalue weighted by Crippen LogP contribution is 2.32. The van der Waals surface area contributed by atoms with Crippen molar-refractivity contribution in [1.29, 1.82) is 0 Å². The number of benzene rings is 1. The van der Waals surface area contributed by atoms with Crippen LogP contribution >= 0.6 is 0 Å². The summed E-state index contributed by atoms with van der Waals surface area (Å²) in [4.78, 5) is 13.1. The van der Waals surface area contributed by atoms with E-state index in [1.807, 2.05) is 36.4 Å². The van der Waals surface area contributed by atoms with Crippen LogP contribution in [0.3, 0.4) is 0 Å². The highest BCUT2D eigenvalue weighted by atomic mass is 32.2. The van der Waals surface area contributed by atoms with Crippen molar-refractivity contribution in [2.75, 3.05) is 4.72 Å². The lowest BCUT2D eigenvalue weighted by molar-refractivity contribution is 0.599. The van der Waals surface area contributed by atoms with Crippen LogP contribution in [0.4, 0.5) is 5.69 Å². The summed E-state index contributed by atoms with van der Waals surface area (Å²) in [6, 6.07) is 13.6. The van der Waals surface area contributed by atoms with Gasteiger partial charge in [0.1, 0.15) is 4.90 Å². The van der Waals surface area contributed by atoms with E-state index in [4.69, 9.17) is 0 Å². The van der Waals surface area contributed by atoms with Gasteiger partial charge >= 0.3 is 0 Å². The molecule has 5 aromatic rings. The van der Waals surface area contributed by atoms with Crippen LogP contribution in [0.15, 0.2) is 78.3 Å². The summed E-state index contributed by atoms with van der Waals surface area (Å²) in [6.07, 6.45) is 8.51. The van der Waals surface area contributed by atoms with Crippen LogP contribution in [0.1, 0.15) is 11.4 Å². The molecule has 0 amide bonds. The van der Waals surface area contributed by atoms with Crippen LogP contribution < -0.4 is 4.72 Å². The predicted octanol–water partition coefficient (Wildman–Crippen LogP) is 4.51. The van der Waals surface area contributed by atoms with Crippen LogP contribution in [0.2, 0.25) is 0 Å². The zero-order valence-corrected chi connectivity index (χ0v) is 19.7. The van der Waals surface area contributed by atoms with Crippen LogP contribution in [0, 0.1) is 13.8 Å². The number of anilines is 1. The van der Waals surface area contributed by atoms with Gasteiger partial charge in [0, 0.05) is 42.8 Å². The van der Waals surface area contributed by atoms with Crippen molar-refractivity contribution in [2.45, 2.75) is 18.7 Å². The second-order valence-electron chi connectivity index (χ2n) is 8.02. The molecule has 0 saturated heterocycles. The average molecular weight is 471 g/mol. The Hall–Kier alpha value is -4.11. The third-order valence-electron chi connectivity index (χ3n) is 5.77. The molecule has 0 fully saturated rings. The van der Waals surface area contributed by atoms with Crippen LogP contribution in [0.25, 0.3) is 33.2 Å². The molecule has 5 rings (SSSR count). The molecule has 0 aliphatic rings. The lowest BCUT2D eigenvalue weighted by Crippen LogP contribution is -2.15. The minimum Gasteiger partial charge on any atom is -0.278 e. The highest BCUT2D eigenvalue weighted by Gasteiger charge is 2.24. The maximum absolute atomic E-state index is 13.1. The van der Waals surface area contributed by atoms with Gasteiger partial charge in [0.05, 0.1) is 28.8 Å². The summed E-state index contributed by atoms with van der Waals surface area (Å²) in [5.41, 5.74) is 6.03. The molecule has 0 unspecified atom stereocenters. The molecule has 34 heavy (non-hydrogen) atoms. The molecule has 0 radical (unpaired) electrons. The standard InChI is InChI=1S/C25H22N6O2S/c1-16-25(17(2)31(3)29-16)34(32,33)30-21-12-20(14-27-15-21)19-4-5-24-23(13-19)22(8-11-28-24)18-6-9-26-10-7-18/h4-15,30H,1-3H3. The van der Waals surface area contributed by atoms with Gasteiger partial charge in [-0.05, 0) is 66.9 Å². The molecule has 1 N–H and O–H groups in total. The fourth-order valence-corrected chi connectivity index (χ4v) is 5.59. The molecule has 0 atom stereocenters.